The van der Waals surface area contributed by atoms with Crippen molar-refractivity contribution in [3.8, 4) is 0 Å². The van der Waals surface area contributed by atoms with Crippen molar-refractivity contribution in [3.05, 3.63) is 91.0 Å². The Kier molecular flexibility index (Phi) is 7.41. The summed E-state index contributed by atoms with van der Waals surface area (Å²) >= 11 is 20.2. The molecule has 1 aliphatic rings. The highest BCUT2D eigenvalue weighted by Gasteiger charge is 2.45. The second-order valence-electron chi connectivity index (χ2n) is 6.09. The number of hydrogen-bond donors (Lipinski definition) is 3. The van der Waals surface area contributed by atoms with Gasteiger partial charge in [-0.15, -0.1) is 9.10 Å². The van der Waals surface area contributed by atoms with Crippen LogP contribution in [0.5, 0.6) is 0 Å². The fourth-order valence-electron chi connectivity index (χ4n) is 2.59. The molecule has 0 fully saturated rings. The number of nitrogens with one attached hydrogen (secondary N) is 3. The molecule has 0 bridgehead atoms. The molecule has 30 heavy (non-hydrogen) atoms. The minimum atomic E-state index is -2.93. The van der Waals surface area contributed by atoms with E-state index in [0.29, 0.717) is 0 Å². The summed E-state index contributed by atoms with van der Waals surface area (Å²) in [4.78, 5) is 0. The van der Waals surface area contributed by atoms with Crippen LogP contribution in [0.15, 0.2) is 95.5 Å². The Morgan fingerprint density at radius 1 is 0.700 bits per heavy atom. The molecule has 0 saturated carbocycles. The first kappa shape index (κ1) is 22.1. The summed E-state index contributed by atoms with van der Waals surface area (Å²) in [5, 5.41) is 3.53. The maximum absolute atomic E-state index is 6.74. The molecule has 156 valence electrons. The molecule has 12 heteroatoms. The van der Waals surface area contributed by atoms with Crippen molar-refractivity contribution in [1.29, 1.82) is 0 Å². The van der Waals surface area contributed by atoms with Gasteiger partial charge in [-0.3, -0.25) is 0 Å². The van der Waals surface area contributed by atoms with Gasteiger partial charge >= 0.3 is 0 Å². The van der Waals surface area contributed by atoms with Gasteiger partial charge in [-0.25, -0.2) is 0 Å². The fraction of sp³-hybridized carbons (Fsp3) is 0. The van der Waals surface area contributed by atoms with Crippen molar-refractivity contribution in [3.63, 3.8) is 0 Å². The molecule has 2 unspecified atom stereocenters. The Hall–Kier alpha value is -1.06. The molecule has 0 amide bonds. The standard InChI is InChI=1S/C18H18Cl3N6P3/c19-28-25-30(20,21)27(23-17-12-6-2-7-13-17)29(24-18-14-8-3-9-15-18)26(28)22-16-10-4-1-5-11-16/h1-15,22-24H. The number of para-hydroxylation sites is 3. The van der Waals surface area contributed by atoms with Crippen LogP contribution < -0.4 is 15.9 Å². The minimum absolute atomic E-state index is 0.848. The van der Waals surface area contributed by atoms with E-state index in [2.05, 4.69) is 20.5 Å². The van der Waals surface area contributed by atoms with Gasteiger partial charge in [0.25, 0.3) is 0 Å². The summed E-state index contributed by atoms with van der Waals surface area (Å²) in [5.74, 6) is -2.93. The average molecular weight is 518 g/mol. The molecular formula is C18H18Cl3N6P3. The van der Waals surface area contributed by atoms with Crippen molar-refractivity contribution < 1.29 is 0 Å². The Morgan fingerprint density at radius 2 is 1.17 bits per heavy atom. The predicted molar refractivity (Wildman–Crippen MR) is 135 cm³/mol. The highest BCUT2D eigenvalue weighted by atomic mass is 35.9. The number of halogens is 3. The van der Waals surface area contributed by atoms with E-state index in [4.69, 9.17) is 33.7 Å². The van der Waals surface area contributed by atoms with E-state index in [9.17, 15) is 0 Å². The number of rotatable bonds is 6. The Labute approximate surface area is 192 Å². The van der Waals surface area contributed by atoms with E-state index in [1.807, 2.05) is 95.5 Å². The molecule has 3 aromatic carbocycles. The number of anilines is 3. The monoisotopic (exact) mass is 516 g/mol. The summed E-state index contributed by atoms with van der Waals surface area (Å²) in [5.41, 5.74) is 9.37. The first-order chi connectivity index (χ1) is 14.5. The van der Waals surface area contributed by atoms with E-state index in [1.54, 1.807) is 4.55 Å². The van der Waals surface area contributed by atoms with Gasteiger partial charge in [-0.2, -0.15) is 4.52 Å². The number of hydrogen-bond acceptors (Lipinski definition) is 6. The Bertz CT molecular complexity index is 1010. The molecule has 6 nitrogen and oxygen atoms in total. The second-order valence-corrected chi connectivity index (χ2v) is 15.5. The zero-order valence-electron chi connectivity index (χ0n) is 15.5. The predicted octanol–water partition coefficient (Wildman–Crippen LogP) is 8.89. The SMILES string of the molecule is ClP1N=P(Cl)(Cl)N(Nc2ccccc2)P(Nc2ccccc2)N1Nc1ccccc1. The summed E-state index contributed by atoms with van der Waals surface area (Å²) in [6.07, 6.45) is 0. The first-order valence-corrected chi connectivity index (χ1v) is 15.8. The van der Waals surface area contributed by atoms with E-state index < -0.39 is 21.9 Å². The average Bonchev–Trinajstić information content (AvgIpc) is 2.75. The lowest BCUT2D eigenvalue weighted by Crippen LogP contribution is -2.34. The number of hydrazine groups is 2. The van der Waals surface area contributed by atoms with Crippen molar-refractivity contribution >= 4 is 72.6 Å². The van der Waals surface area contributed by atoms with Gasteiger partial charge < -0.3 is 15.9 Å². The highest BCUT2D eigenvalue weighted by molar-refractivity contribution is 8.15. The maximum atomic E-state index is 6.74. The van der Waals surface area contributed by atoms with E-state index in [-0.39, 0.29) is 0 Å². The van der Waals surface area contributed by atoms with Gasteiger partial charge in [0, 0.05) is 17.1 Å². The first-order valence-electron chi connectivity index (χ1n) is 8.86. The van der Waals surface area contributed by atoms with E-state index >= 15 is 0 Å². The lowest BCUT2D eigenvalue weighted by atomic mass is 10.3. The minimum Gasteiger partial charge on any atom is -0.337 e. The lowest BCUT2D eigenvalue weighted by molar-refractivity contribution is 0.754. The van der Waals surface area contributed by atoms with Gasteiger partial charge in [0.05, 0.1) is 0 Å². The fourth-order valence-corrected chi connectivity index (χ4v) is 13.2. The Balaban J connectivity index is 1.72. The van der Waals surface area contributed by atoms with Crippen molar-refractivity contribution in [2.75, 3.05) is 15.9 Å². The molecule has 3 N–H and O–H groups in total. The van der Waals surface area contributed by atoms with Crippen LogP contribution in [0.3, 0.4) is 0 Å². The third-order valence-corrected chi connectivity index (χ3v) is 14.2. The number of nitrogens with zero attached hydrogens (tertiary/aromatic N) is 3. The third-order valence-electron chi connectivity index (χ3n) is 3.93. The third kappa shape index (κ3) is 5.40. The molecule has 0 radical (unpaired) electrons. The van der Waals surface area contributed by atoms with Gasteiger partial charge in [-0.1, -0.05) is 54.6 Å². The van der Waals surface area contributed by atoms with Gasteiger partial charge in [0.2, 0.25) is 13.5 Å². The summed E-state index contributed by atoms with van der Waals surface area (Å²) in [6, 6.07) is 29.3. The van der Waals surface area contributed by atoms with Crippen molar-refractivity contribution in [2.24, 2.45) is 4.52 Å². The second kappa shape index (κ2) is 10.0. The smallest absolute Gasteiger partial charge is 0.235 e. The van der Waals surface area contributed by atoms with E-state index in [0.717, 1.165) is 17.1 Å². The molecule has 1 aliphatic heterocycles. The van der Waals surface area contributed by atoms with Crippen LogP contribution >= 0.6 is 55.6 Å². The van der Waals surface area contributed by atoms with Crippen LogP contribution in [0.1, 0.15) is 0 Å². The number of benzene rings is 3. The molecule has 2 atom stereocenters. The maximum Gasteiger partial charge on any atom is 0.235 e. The topological polar surface area (TPSA) is 54.9 Å². The quantitative estimate of drug-likeness (QED) is 0.285. The van der Waals surface area contributed by atoms with E-state index in [1.165, 1.54) is 0 Å². The molecule has 0 aliphatic carbocycles. The normalized spacial score (nSPS) is 21.4. The van der Waals surface area contributed by atoms with Crippen molar-refractivity contribution in [1.82, 2.24) is 9.10 Å². The lowest BCUT2D eigenvalue weighted by Gasteiger charge is -2.44. The van der Waals surface area contributed by atoms with Gasteiger partial charge in [0.15, 0.2) is 8.37 Å². The summed E-state index contributed by atoms with van der Waals surface area (Å²) in [6.45, 7) is 0. The molecule has 0 saturated heterocycles. The molecular weight excluding hydrogens is 500 g/mol. The van der Waals surface area contributed by atoms with Crippen LogP contribution in [0.4, 0.5) is 17.1 Å². The van der Waals surface area contributed by atoms with Crippen LogP contribution in [0, 0.1) is 0 Å². The molecule has 4 rings (SSSR count). The van der Waals surface area contributed by atoms with Gasteiger partial charge in [0.1, 0.15) is 0 Å². The highest BCUT2D eigenvalue weighted by Crippen LogP contribution is 2.82. The van der Waals surface area contributed by atoms with Crippen LogP contribution in [-0.2, 0) is 0 Å². The zero-order chi connectivity index (χ0) is 21.0. The molecule has 0 spiro atoms. The van der Waals surface area contributed by atoms with Crippen LogP contribution in [0.25, 0.3) is 0 Å². The largest absolute Gasteiger partial charge is 0.337 e. The molecule has 0 aromatic heterocycles. The van der Waals surface area contributed by atoms with Gasteiger partial charge in [-0.05, 0) is 70.1 Å². The zero-order valence-corrected chi connectivity index (χ0v) is 20.4. The Morgan fingerprint density at radius 3 is 1.70 bits per heavy atom. The summed E-state index contributed by atoms with van der Waals surface area (Å²) < 4.78 is 8.20. The molecule has 1 heterocycles. The van der Waals surface area contributed by atoms with Crippen LogP contribution in [0.2, 0.25) is 0 Å². The molecule has 3 aromatic rings. The summed E-state index contributed by atoms with van der Waals surface area (Å²) in [7, 11) is -2.88. The van der Waals surface area contributed by atoms with Crippen LogP contribution in [-0.4, -0.2) is 9.10 Å². The van der Waals surface area contributed by atoms with Crippen molar-refractivity contribution in [2.45, 2.75) is 0 Å².